The predicted molar refractivity (Wildman–Crippen MR) is 96.4 cm³/mol. The highest BCUT2D eigenvalue weighted by Crippen LogP contribution is 2.32. The first kappa shape index (κ1) is 15.3. The quantitative estimate of drug-likeness (QED) is 0.738. The normalized spacial score (nSPS) is 12.0. The highest BCUT2D eigenvalue weighted by atomic mass is 16.7. The summed E-state index contributed by atoms with van der Waals surface area (Å²) in [6.07, 6.45) is 1.73. The Morgan fingerprint density at radius 1 is 1.04 bits per heavy atom. The van der Waals surface area contributed by atoms with Crippen molar-refractivity contribution in [3.63, 3.8) is 0 Å². The van der Waals surface area contributed by atoms with Crippen LogP contribution in [0, 0.1) is 6.92 Å². The van der Waals surface area contributed by atoms with Gasteiger partial charge in [-0.2, -0.15) is 4.98 Å². The second-order valence-corrected chi connectivity index (χ2v) is 5.75. The van der Waals surface area contributed by atoms with Gasteiger partial charge < -0.3 is 20.1 Å². The second kappa shape index (κ2) is 6.68. The maximum Gasteiger partial charge on any atom is 0.231 e. The van der Waals surface area contributed by atoms with Gasteiger partial charge in [0.15, 0.2) is 11.5 Å². The lowest BCUT2D eigenvalue weighted by Gasteiger charge is -2.10. The second-order valence-electron chi connectivity index (χ2n) is 5.75. The molecule has 1 aliphatic rings. The SMILES string of the molecule is Cc1ccccc1Nc1nccc(NCc2ccc3c(c2)OCO3)n1. The highest BCUT2D eigenvalue weighted by Gasteiger charge is 2.13. The molecular formula is C19H18N4O2. The zero-order valence-corrected chi connectivity index (χ0v) is 13.8. The zero-order valence-electron chi connectivity index (χ0n) is 13.8. The fraction of sp³-hybridized carbons (Fsp3) is 0.158. The molecule has 25 heavy (non-hydrogen) atoms. The third-order valence-electron chi connectivity index (χ3n) is 3.96. The molecule has 2 aromatic carbocycles. The summed E-state index contributed by atoms with van der Waals surface area (Å²) in [6.45, 7) is 2.97. The minimum atomic E-state index is 0.284. The maximum absolute atomic E-state index is 5.40. The standard InChI is InChI=1S/C19H18N4O2/c1-13-4-2-3-5-15(13)22-19-20-9-8-18(23-19)21-11-14-6-7-16-17(10-14)25-12-24-16/h2-10H,11-12H2,1H3,(H2,20,21,22,23). The van der Waals surface area contributed by atoms with E-state index in [4.69, 9.17) is 9.47 Å². The minimum absolute atomic E-state index is 0.284. The Morgan fingerprint density at radius 2 is 1.92 bits per heavy atom. The van der Waals surface area contributed by atoms with E-state index in [9.17, 15) is 0 Å². The molecule has 4 rings (SSSR count). The van der Waals surface area contributed by atoms with E-state index in [0.29, 0.717) is 12.5 Å². The molecule has 2 N–H and O–H groups in total. The Labute approximate surface area is 145 Å². The maximum atomic E-state index is 5.40. The summed E-state index contributed by atoms with van der Waals surface area (Å²) in [7, 11) is 0. The first-order valence-electron chi connectivity index (χ1n) is 8.06. The largest absolute Gasteiger partial charge is 0.454 e. The third-order valence-corrected chi connectivity index (χ3v) is 3.96. The summed E-state index contributed by atoms with van der Waals surface area (Å²) in [4.78, 5) is 8.79. The van der Waals surface area contributed by atoms with E-state index >= 15 is 0 Å². The number of nitrogens with one attached hydrogen (secondary N) is 2. The summed E-state index contributed by atoms with van der Waals surface area (Å²) >= 11 is 0. The van der Waals surface area contributed by atoms with Gasteiger partial charge in [-0.3, -0.25) is 0 Å². The molecule has 0 saturated heterocycles. The molecule has 126 valence electrons. The van der Waals surface area contributed by atoms with Crippen molar-refractivity contribution in [1.29, 1.82) is 0 Å². The molecule has 6 nitrogen and oxygen atoms in total. The van der Waals surface area contributed by atoms with Crippen LogP contribution in [0.25, 0.3) is 0 Å². The third kappa shape index (κ3) is 3.47. The molecule has 1 aromatic heterocycles. The molecule has 0 saturated carbocycles. The topological polar surface area (TPSA) is 68.3 Å². The number of benzene rings is 2. The molecule has 1 aliphatic heterocycles. The molecule has 0 bridgehead atoms. The number of aryl methyl sites for hydroxylation is 1. The first-order valence-corrected chi connectivity index (χ1v) is 8.06. The predicted octanol–water partition coefficient (Wildman–Crippen LogP) is 3.87. The Balaban J connectivity index is 1.44. The van der Waals surface area contributed by atoms with E-state index in [2.05, 4.69) is 20.6 Å². The van der Waals surface area contributed by atoms with Crippen LogP contribution < -0.4 is 20.1 Å². The fourth-order valence-electron chi connectivity index (χ4n) is 2.59. The van der Waals surface area contributed by atoms with Crippen LogP contribution in [0.15, 0.2) is 54.7 Å². The lowest BCUT2D eigenvalue weighted by atomic mass is 10.2. The fourth-order valence-corrected chi connectivity index (χ4v) is 2.59. The Hall–Kier alpha value is -3.28. The summed E-state index contributed by atoms with van der Waals surface area (Å²) < 4.78 is 10.7. The van der Waals surface area contributed by atoms with Crippen molar-refractivity contribution in [2.75, 3.05) is 17.4 Å². The van der Waals surface area contributed by atoms with Gasteiger partial charge >= 0.3 is 0 Å². The molecular weight excluding hydrogens is 316 g/mol. The van der Waals surface area contributed by atoms with Crippen LogP contribution in [0.5, 0.6) is 11.5 Å². The molecule has 3 aromatic rings. The van der Waals surface area contributed by atoms with Crippen molar-refractivity contribution in [3.05, 3.63) is 65.9 Å². The van der Waals surface area contributed by atoms with E-state index in [1.807, 2.05) is 55.5 Å². The van der Waals surface area contributed by atoms with E-state index < -0.39 is 0 Å². The number of para-hydroxylation sites is 1. The Bertz CT molecular complexity index is 898. The number of hydrogen-bond donors (Lipinski definition) is 2. The van der Waals surface area contributed by atoms with Gasteiger partial charge in [-0.05, 0) is 42.3 Å². The van der Waals surface area contributed by atoms with Crippen molar-refractivity contribution in [2.45, 2.75) is 13.5 Å². The summed E-state index contributed by atoms with van der Waals surface area (Å²) in [5.74, 6) is 2.88. The smallest absolute Gasteiger partial charge is 0.231 e. The van der Waals surface area contributed by atoms with Gasteiger partial charge in [-0.25, -0.2) is 4.98 Å². The van der Waals surface area contributed by atoms with Crippen LogP contribution >= 0.6 is 0 Å². The van der Waals surface area contributed by atoms with Crippen molar-refractivity contribution in [2.24, 2.45) is 0 Å². The van der Waals surface area contributed by atoms with Gasteiger partial charge in [-0.15, -0.1) is 0 Å². The minimum Gasteiger partial charge on any atom is -0.454 e. The number of nitrogens with zero attached hydrogens (tertiary/aromatic N) is 2. The van der Waals surface area contributed by atoms with Gasteiger partial charge in [0, 0.05) is 18.4 Å². The van der Waals surface area contributed by atoms with Crippen molar-refractivity contribution in [1.82, 2.24) is 9.97 Å². The summed E-state index contributed by atoms with van der Waals surface area (Å²) in [5.41, 5.74) is 3.23. The van der Waals surface area contributed by atoms with Gasteiger partial charge in [-0.1, -0.05) is 24.3 Å². The Kier molecular flexibility index (Phi) is 4.08. The van der Waals surface area contributed by atoms with Crippen molar-refractivity contribution >= 4 is 17.5 Å². The molecule has 0 aliphatic carbocycles. The van der Waals surface area contributed by atoms with E-state index in [1.165, 1.54) is 0 Å². The number of aromatic nitrogens is 2. The number of anilines is 3. The van der Waals surface area contributed by atoms with Gasteiger partial charge in [0.1, 0.15) is 5.82 Å². The van der Waals surface area contributed by atoms with Crippen LogP contribution in [0.4, 0.5) is 17.5 Å². The lowest BCUT2D eigenvalue weighted by molar-refractivity contribution is 0.174. The first-order chi connectivity index (χ1) is 12.3. The number of rotatable bonds is 5. The van der Waals surface area contributed by atoms with E-state index in [-0.39, 0.29) is 6.79 Å². The molecule has 0 atom stereocenters. The van der Waals surface area contributed by atoms with Crippen LogP contribution in [-0.4, -0.2) is 16.8 Å². The van der Waals surface area contributed by atoms with Crippen molar-refractivity contribution in [3.8, 4) is 11.5 Å². The average molecular weight is 334 g/mol. The molecule has 0 radical (unpaired) electrons. The van der Waals surface area contributed by atoms with Gasteiger partial charge in [0.25, 0.3) is 0 Å². The average Bonchev–Trinajstić information content (AvgIpc) is 3.10. The van der Waals surface area contributed by atoms with E-state index in [0.717, 1.165) is 34.1 Å². The Morgan fingerprint density at radius 3 is 2.84 bits per heavy atom. The van der Waals surface area contributed by atoms with Crippen LogP contribution in [-0.2, 0) is 6.54 Å². The van der Waals surface area contributed by atoms with Gasteiger partial charge in [0.2, 0.25) is 12.7 Å². The van der Waals surface area contributed by atoms with Gasteiger partial charge in [0.05, 0.1) is 0 Å². The van der Waals surface area contributed by atoms with Crippen LogP contribution in [0.2, 0.25) is 0 Å². The number of fused-ring (bicyclic) bond motifs is 1. The van der Waals surface area contributed by atoms with Crippen molar-refractivity contribution < 1.29 is 9.47 Å². The van der Waals surface area contributed by atoms with E-state index in [1.54, 1.807) is 6.20 Å². The molecule has 0 spiro atoms. The zero-order chi connectivity index (χ0) is 17.1. The molecule has 0 fully saturated rings. The van der Waals surface area contributed by atoms with Crippen LogP contribution in [0.3, 0.4) is 0 Å². The highest BCUT2D eigenvalue weighted by molar-refractivity contribution is 5.58. The number of hydrogen-bond acceptors (Lipinski definition) is 6. The summed E-state index contributed by atoms with van der Waals surface area (Å²) in [6, 6.07) is 15.8. The molecule has 2 heterocycles. The molecule has 6 heteroatoms. The monoisotopic (exact) mass is 334 g/mol. The van der Waals surface area contributed by atoms with Crippen LogP contribution in [0.1, 0.15) is 11.1 Å². The lowest BCUT2D eigenvalue weighted by Crippen LogP contribution is -2.04. The molecule has 0 unspecified atom stereocenters. The summed E-state index contributed by atoms with van der Waals surface area (Å²) in [5, 5.41) is 6.55. The number of ether oxygens (including phenoxy) is 2. The molecule has 0 amide bonds.